The van der Waals surface area contributed by atoms with Gasteiger partial charge < -0.3 is 20.8 Å². The normalized spacial score (nSPS) is 11.8. The molecule has 0 fully saturated rings. The molecule has 1 aliphatic heterocycles. The lowest BCUT2D eigenvalue weighted by molar-refractivity contribution is 0.174. The molecule has 27 heavy (non-hydrogen) atoms. The number of benzene rings is 2. The summed E-state index contributed by atoms with van der Waals surface area (Å²) >= 11 is -7.25. The Morgan fingerprint density at radius 1 is 0.667 bits per heavy atom. The van der Waals surface area contributed by atoms with Crippen LogP contribution in [0.25, 0.3) is 11.1 Å². The highest BCUT2D eigenvalue weighted by Gasteiger charge is 2.28. The van der Waals surface area contributed by atoms with Gasteiger partial charge in [0.1, 0.15) is 0 Å². The Hall–Kier alpha value is 0.777. The fourth-order valence-electron chi connectivity index (χ4n) is 2.42. The maximum atomic E-state index is 5.94. The molecule has 2 aromatic carbocycles. The average molecular weight is 537 g/mol. The van der Waals surface area contributed by atoms with Gasteiger partial charge in [-0.3, -0.25) is 0 Å². The van der Waals surface area contributed by atoms with Gasteiger partial charge >= 0.3 is 37.9 Å². The van der Waals surface area contributed by atoms with Crippen molar-refractivity contribution in [1.29, 1.82) is 0 Å². The molecule has 0 saturated heterocycles. The van der Waals surface area contributed by atoms with Crippen LogP contribution in [0.1, 0.15) is 0 Å². The van der Waals surface area contributed by atoms with Crippen molar-refractivity contribution in [2.45, 2.75) is 0 Å². The zero-order valence-corrected chi connectivity index (χ0v) is 21.1. The Bertz CT molecular complexity index is 825. The van der Waals surface area contributed by atoms with Crippen molar-refractivity contribution in [2.24, 2.45) is 0 Å². The average Bonchev–Trinajstić information content (AvgIpc) is 3.01. The second-order valence-corrected chi connectivity index (χ2v) is 16.4. The molecule has 3 rings (SSSR count). The summed E-state index contributed by atoms with van der Waals surface area (Å²) in [6, 6.07) is 8.38. The van der Waals surface area contributed by atoms with Crippen molar-refractivity contribution in [3.8, 4) is 39.9 Å². The van der Waals surface area contributed by atoms with E-state index in [2.05, 4.69) is 0 Å². The topological polar surface area (TPSA) is 46.2 Å². The molecule has 0 aromatic heterocycles. The molecule has 0 unspecified atom stereocenters. The minimum Gasteiger partial charge on any atom is -0.620 e. The lowest BCUT2D eigenvalue weighted by Gasteiger charge is -2.19. The van der Waals surface area contributed by atoms with Gasteiger partial charge in [-0.2, -0.15) is 60.3 Å². The van der Waals surface area contributed by atoms with Crippen LogP contribution in [0.3, 0.4) is 0 Å². The number of halogens is 6. The second-order valence-electron chi connectivity index (χ2n) is 5.00. The highest BCUT2D eigenvalue weighted by Crippen LogP contribution is 2.46. The molecule has 0 radical (unpaired) electrons. The third kappa shape index (κ3) is 6.13. The van der Waals surface area contributed by atoms with Crippen LogP contribution in [-0.2, 0) is 0 Å². The van der Waals surface area contributed by atoms with E-state index in [1.165, 1.54) is 0 Å². The largest absolute Gasteiger partial charge is 0.815 e. The van der Waals surface area contributed by atoms with Crippen LogP contribution >= 0.6 is 60.3 Å². The van der Waals surface area contributed by atoms with E-state index in [0.717, 1.165) is 0 Å². The van der Waals surface area contributed by atoms with Crippen LogP contribution < -0.4 is 20.8 Å². The molecule has 0 amide bonds. The predicted molar refractivity (Wildman–Crippen MR) is 112 cm³/mol. The van der Waals surface area contributed by atoms with E-state index in [1.807, 2.05) is 0 Å². The number of fused-ring (bicyclic) bond motifs is 1. The Kier molecular flexibility index (Phi) is 8.48. The number of ether oxygens (including phenoxy) is 2. The molecule has 0 bridgehead atoms. The highest BCUT2D eigenvalue weighted by molar-refractivity contribution is 7.31. The Labute approximate surface area is 194 Å². The minimum absolute atomic E-state index is 0.0947. The van der Waals surface area contributed by atoms with E-state index in [0.29, 0.717) is 39.9 Å². The summed E-state index contributed by atoms with van der Waals surface area (Å²) in [7, 11) is 35.4. The zero-order valence-electron chi connectivity index (χ0n) is 13.1. The smallest absolute Gasteiger partial charge is 0.620 e. The molecule has 1 aliphatic rings. The van der Waals surface area contributed by atoms with Crippen molar-refractivity contribution in [2.75, 3.05) is 6.79 Å². The molecule has 0 N–H and O–H groups in total. The minimum atomic E-state index is -2.46. The Morgan fingerprint density at radius 2 is 1.22 bits per heavy atom. The van der Waals surface area contributed by atoms with E-state index < -0.39 is 37.9 Å². The standard InChI is InChI=1S/C13H10O5.3Al.6ClH/c14-7-1-2-10(15)8(3-7)9-4-12-13(5-11(9)16)18-6-17-12;;;;;;;;;/h1-5,14-16H,6H2;;;;6*1H/q;3*+3;;;;;;/p-9. The van der Waals surface area contributed by atoms with E-state index in [4.69, 9.17) is 81.1 Å². The monoisotopic (exact) mass is 534 g/mol. The number of hydrogen-bond acceptors (Lipinski definition) is 5. The van der Waals surface area contributed by atoms with E-state index >= 15 is 0 Å². The fourth-order valence-corrected chi connectivity index (χ4v) is 5.33. The summed E-state index contributed by atoms with van der Waals surface area (Å²) in [6.07, 6.45) is 0. The molecule has 14 heteroatoms. The highest BCUT2D eigenvalue weighted by atomic mass is 35.7. The van der Waals surface area contributed by atoms with Crippen molar-refractivity contribution >= 4 is 98.2 Å². The lowest BCUT2D eigenvalue weighted by Crippen LogP contribution is -2.09. The summed E-state index contributed by atoms with van der Waals surface area (Å²) in [4.78, 5) is 0. The molecule has 0 atom stereocenters. The predicted octanol–water partition coefficient (Wildman–Crippen LogP) is 5.61. The number of rotatable bonds is 7. The first-order valence-corrected chi connectivity index (χ1v) is 19.1. The molecular weight excluding hydrogens is 530 g/mol. The quantitative estimate of drug-likeness (QED) is 0.431. The van der Waals surface area contributed by atoms with E-state index in [1.54, 1.807) is 30.3 Å². The van der Waals surface area contributed by atoms with Crippen molar-refractivity contribution < 1.29 is 20.8 Å². The van der Waals surface area contributed by atoms with Gasteiger partial charge in [0.15, 0.2) is 11.5 Å². The SMILES string of the molecule is [Cl][Al]([Cl])[O]c1ccc([O][Al]([Cl])[Cl])c(-c2cc3c(cc2[O][Al]([Cl])[Cl])OCO3)c1. The number of hydrogen-bond donors (Lipinski definition) is 0. The van der Waals surface area contributed by atoms with Crippen LogP contribution in [0.5, 0.6) is 28.7 Å². The Morgan fingerprint density at radius 3 is 1.85 bits per heavy atom. The Balaban J connectivity index is 2.14. The van der Waals surface area contributed by atoms with E-state index in [9.17, 15) is 0 Å². The van der Waals surface area contributed by atoms with Crippen LogP contribution in [-0.4, -0.2) is 44.7 Å². The summed E-state index contributed by atoms with van der Waals surface area (Å²) in [5, 5.41) is 0. The van der Waals surface area contributed by atoms with Gasteiger partial charge in [0, 0.05) is 17.2 Å². The fraction of sp³-hybridized carbons (Fsp3) is 0.0769. The van der Waals surface area contributed by atoms with Gasteiger partial charge in [-0.05, 0) is 24.3 Å². The third-order valence-corrected chi connectivity index (χ3v) is 6.29. The van der Waals surface area contributed by atoms with E-state index in [-0.39, 0.29) is 6.79 Å². The lowest BCUT2D eigenvalue weighted by atomic mass is 10.0. The maximum absolute atomic E-state index is 5.94. The summed E-state index contributed by atoms with van der Waals surface area (Å²) in [5.74, 6) is 2.33. The van der Waals surface area contributed by atoms with Crippen molar-refractivity contribution in [1.82, 2.24) is 0 Å². The first-order chi connectivity index (χ1) is 12.8. The third-order valence-electron chi connectivity index (χ3n) is 3.37. The van der Waals surface area contributed by atoms with Gasteiger partial charge in [-0.1, -0.05) is 0 Å². The second kappa shape index (κ2) is 10.2. The molecule has 140 valence electrons. The van der Waals surface area contributed by atoms with Crippen molar-refractivity contribution in [3.05, 3.63) is 30.3 Å². The first-order valence-electron chi connectivity index (χ1n) is 7.26. The molecule has 1 heterocycles. The van der Waals surface area contributed by atoms with Gasteiger partial charge in [0.2, 0.25) is 6.79 Å². The molecule has 2 aromatic rings. The summed E-state index contributed by atoms with van der Waals surface area (Å²) < 4.78 is 27.6. The van der Waals surface area contributed by atoms with Crippen LogP contribution in [0.15, 0.2) is 30.3 Å². The maximum Gasteiger partial charge on any atom is 0.815 e. The van der Waals surface area contributed by atoms with Crippen LogP contribution in [0.2, 0.25) is 0 Å². The molecule has 5 nitrogen and oxygen atoms in total. The molecule has 0 saturated carbocycles. The van der Waals surface area contributed by atoms with Gasteiger partial charge in [-0.25, -0.2) is 0 Å². The van der Waals surface area contributed by atoms with Gasteiger partial charge in [0.05, 0.1) is 17.2 Å². The van der Waals surface area contributed by atoms with Crippen LogP contribution in [0, 0.1) is 0 Å². The van der Waals surface area contributed by atoms with Gasteiger partial charge in [-0.15, -0.1) is 0 Å². The zero-order chi connectivity index (χ0) is 19.6. The van der Waals surface area contributed by atoms with Gasteiger partial charge in [0.25, 0.3) is 0 Å². The molecular formula is C13H7Al3Cl6O5. The van der Waals surface area contributed by atoms with Crippen molar-refractivity contribution in [3.63, 3.8) is 0 Å². The molecule has 0 spiro atoms. The summed E-state index contributed by atoms with van der Waals surface area (Å²) in [6.45, 7) is 0.0947. The first kappa shape index (κ1) is 22.5. The summed E-state index contributed by atoms with van der Waals surface area (Å²) in [5.41, 5.74) is 1.16. The molecule has 0 aliphatic carbocycles. The van der Waals surface area contributed by atoms with Crippen LogP contribution in [0.4, 0.5) is 0 Å².